The fraction of sp³-hybridized carbons (Fsp3) is 0.440. The number of benzene rings is 1. The summed E-state index contributed by atoms with van der Waals surface area (Å²) in [5.41, 5.74) is 0.461. The van der Waals surface area contributed by atoms with E-state index in [-0.39, 0.29) is 42.7 Å². The number of rotatable bonds is 2. The monoisotopic (exact) mass is 530 g/mol. The van der Waals surface area contributed by atoms with Crippen LogP contribution in [-0.4, -0.2) is 92.9 Å². The average Bonchev–Trinajstić information content (AvgIpc) is 2.96. The minimum Gasteiger partial charge on any atom is -0.508 e. The molecule has 1 heterocycles. The Bertz CT molecular complexity index is 1420. The zero-order chi connectivity index (χ0) is 28.0. The number of nitrogens with one attached hydrogen (secondary N) is 1. The molecule has 0 radical (unpaired) electrons. The average molecular weight is 531 g/mol. The molecule has 5 rings (SSSR count). The molecule has 1 aromatic rings. The Balaban J connectivity index is 1.75. The van der Waals surface area contributed by atoms with Crippen molar-refractivity contribution in [2.24, 2.45) is 17.6 Å². The summed E-state index contributed by atoms with van der Waals surface area (Å²) in [6.07, 6.45) is -0.335. The number of fused-ring (bicyclic) bond motifs is 4. The van der Waals surface area contributed by atoms with Crippen molar-refractivity contribution in [2.75, 3.05) is 33.0 Å². The van der Waals surface area contributed by atoms with Gasteiger partial charge in [-0.1, -0.05) is 0 Å². The SMILES string of the molecule is CN1CC(=O)Nc2c(O)c3c(c(F)c2C1)C[C@H]1C[C@H]2[C@H](N(C)C)C(=O)C(C(N)=O)=C(O)[C@@]2(O)C(=O)C1=C3O. The summed E-state index contributed by atoms with van der Waals surface area (Å²) in [5.74, 6) is -9.54. The van der Waals surface area contributed by atoms with Crippen molar-refractivity contribution in [2.45, 2.75) is 31.0 Å². The summed E-state index contributed by atoms with van der Waals surface area (Å²) in [6.45, 7) is -0.0926. The molecular formula is C25H27FN4O8. The maximum Gasteiger partial charge on any atom is 0.255 e. The van der Waals surface area contributed by atoms with Gasteiger partial charge >= 0.3 is 0 Å². The summed E-state index contributed by atoms with van der Waals surface area (Å²) in [5, 5.41) is 47.2. The lowest BCUT2D eigenvalue weighted by Gasteiger charge is -2.50. The van der Waals surface area contributed by atoms with E-state index in [4.69, 9.17) is 5.73 Å². The molecule has 0 bridgehead atoms. The van der Waals surface area contributed by atoms with Gasteiger partial charge in [0.15, 0.2) is 17.1 Å². The highest BCUT2D eigenvalue weighted by atomic mass is 19.1. The molecule has 12 nitrogen and oxygen atoms in total. The van der Waals surface area contributed by atoms with Crippen LogP contribution in [0.2, 0.25) is 0 Å². The third-order valence-electron chi connectivity index (χ3n) is 8.03. The number of hydrogen-bond donors (Lipinski definition) is 6. The van der Waals surface area contributed by atoms with Crippen LogP contribution >= 0.6 is 0 Å². The topological polar surface area (TPSA) is 194 Å². The standard InChI is InChI=1S/C25H27FN4O8/c1-29(2)18-11-5-8-4-9-14(20(33)17-10(16(9)26)6-30(3)7-12(31)28-17)19(32)13(8)22(35)25(11,38)23(36)15(21(18)34)24(27)37/h8,11,18,32-33,36,38H,4-7H2,1-3H3,(H2,27,37)(H,28,31)/t8-,11-,18-,25-/m0/s1. The van der Waals surface area contributed by atoms with Crippen LogP contribution in [-0.2, 0) is 32.1 Å². The second-order valence-corrected chi connectivity index (χ2v) is 10.6. The Morgan fingerprint density at radius 1 is 1.16 bits per heavy atom. The molecule has 3 aliphatic carbocycles. The maximum absolute atomic E-state index is 15.9. The first kappa shape index (κ1) is 25.8. The second kappa shape index (κ2) is 8.35. The lowest BCUT2D eigenvalue weighted by molar-refractivity contribution is -0.153. The van der Waals surface area contributed by atoms with Crippen molar-refractivity contribution in [1.82, 2.24) is 9.80 Å². The number of Topliss-reactive ketones (excluding diaryl/α,β-unsaturated/α-hetero) is 2. The van der Waals surface area contributed by atoms with Crippen LogP contribution in [0.15, 0.2) is 16.9 Å². The molecule has 1 fully saturated rings. The Morgan fingerprint density at radius 2 is 1.82 bits per heavy atom. The lowest BCUT2D eigenvalue weighted by Crippen LogP contribution is -2.65. The molecule has 0 unspecified atom stereocenters. The third kappa shape index (κ3) is 3.25. The predicted molar refractivity (Wildman–Crippen MR) is 129 cm³/mol. The lowest BCUT2D eigenvalue weighted by atomic mass is 9.57. The highest BCUT2D eigenvalue weighted by Gasteiger charge is 2.64. The number of phenols is 1. The van der Waals surface area contributed by atoms with Crippen molar-refractivity contribution < 1.29 is 44.0 Å². The van der Waals surface area contributed by atoms with Crippen LogP contribution in [0.25, 0.3) is 5.76 Å². The number of nitrogens with two attached hydrogens (primary N) is 1. The molecule has 0 aromatic heterocycles. The van der Waals surface area contributed by atoms with Crippen LogP contribution in [0.1, 0.15) is 23.1 Å². The molecular weight excluding hydrogens is 503 g/mol. The molecule has 13 heteroatoms. The van der Waals surface area contributed by atoms with Crippen molar-refractivity contribution >= 4 is 34.8 Å². The molecule has 38 heavy (non-hydrogen) atoms. The minimum atomic E-state index is -2.79. The van der Waals surface area contributed by atoms with Crippen LogP contribution in [0, 0.1) is 17.7 Å². The van der Waals surface area contributed by atoms with E-state index in [9.17, 15) is 39.6 Å². The van der Waals surface area contributed by atoms with Crippen LogP contribution < -0.4 is 11.1 Å². The minimum absolute atomic E-state index is 0.00943. The summed E-state index contributed by atoms with van der Waals surface area (Å²) < 4.78 is 15.9. The largest absolute Gasteiger partial charge is 0.508 e. The number of nitrogens with zero attached hydrogens (tertiary/aromatic N) is 2. The van der Waals surface area contributed by atoms with E-state index in [1.54, 1.807) is 11.9 Å². The normalized spacial score (nSPS) is 29.4. The molecule has 202 valence electrons. The molecule has 7 N–H and O–H groups in total. The van der Waals surface area contributed by atoms with Crippen LogP contribution in [0.3, 0.4) is 0 Å². The third-order valence-corrected chi connectivity index (χ3v) is 8.03. The number of aliphatic hydroxyl groups excluding tert-OH is 2. The maximum atomic E-state index is 15.9. The number of primary amides is 1. The van der Waals surface area contributed by atoms with Gasteiger partial charge in [-0.05, 0) is 39.9 Å². The van der Waals surface area contributed by atoms with Crippen LogP contribution in [0.5, 0.6) is 5.75 Å². The number of halogens is 1. The van der Waals surface area contributed by atoms with E-state index in [2.05, 4.69) is 5.32 Å². The summed E-state index contributed by atoms with van der Waals surface area (Å²) >= 11 is 0. The number of anilines is 1. The number of carbonyl (C=O) groups is 4. The van der Waals surface area contributed by atoms with E-state index >= 15 is 4.39 Å². The van der Waals surface area contributed by atoms with E-state index in [1.807, 2.05) is 0 Å². The van der Waals surface area contributed by atoms with Gasteiger partial charge in [0.05, 0.1) is 23.8 Å². The van der Waals surface area contributed by atoms with Crippen molar-refractivity contribution in [3.8, 4) is 5.75 Å². The van der Waals surface area contributed by atoms with Gasteiger partial charge in [0.25, 0.3) is 5.91 Å². The molecule has 1 aromatic carbocycles. The summed E-state index contributed by atoms with van der Waals surface area (Å²) in [6, 6.07) is -1.23. The van der Waals surface area contributed by atoms with Gasteiger partial charge in [-0.2, -0.15) is 0 Å². The van der Waals surface area contributed by atoms with Crippen LogP contribution in [0.4, 0.5) is 10.1 Å². The number of ketones is 2. The molecule has 1 saturated carbocycles. The predicted octanol–water partition coefficient (Wildman–Crippen LogP) is -0.513. The Kier molecular flexibility index (Phi) is 5.67. The van der Waals surface area contributed by atoms with Gasteiger partial charge in [0, 0.05) is 29.2 Å². The van der Waals surface area contributed by atoms with Gasteiger partial charge in [-0.15, -0.1) is 0 Å². The van der Waals surface area contributed by atoms with Crippen molar-refractivity contribution in [3.05, 3.63) is 39.4 Å². The summed E-state index contributed by atoms with van der Waals surface area (Å²) in [7, 11) is 4.58. The number of phenolic OH excluding ortho intramolecular Hbond substituents is 1. The zero-order valence-electron chi connectivity index (χ0n) is 20.8. The first-order valence-electron chi connectivity index (χ1n) is 11.9. The van der Waals surface area contributed by atoms with E-state index in [0.717, 1.165) is 0 Å². The number of carbonyl (C=O) groups excluding carboxylic acids is 4. The highest BCUT2D eigenvalue weighted by molar-refractivity contribution is 6.24. The molecule has 1 aliphatic heterocycles. The molecule has 4 atom stereocenters. The Labute approximate surface area is 215 Å². The van der Waals surface area contributed by atoms with E-state index < -0.39 is 86.7 Å². The van der Waals surface area contributed by atoms with Crippen molar-refractivity contribution in [1.29, 1.82) is 0 Å². The molecule has 0 spiro atoms. The van der Waals surface area contributed by atoms with Gasteiger partial charge < -0.3 is 31.5 Å². The second-order valence-electron chi connectivity index (χ2n) is 10.6. The molecule has 0 saturated heterocycles. The van der Waals surface area contributed by atoms with Crippen molar-refractivity contribution in [3.63, 3.8) is 0 Å². The quantitative estimate of drug-likeness (QED) is 0.214. The number of likely N-dealkylation sites (N-methyl/N-ethyl adjacent to an activating group) is 2. The fourth-order valence-corrected chi connectivity index (χ4v) is 6.42. The fourth-order valence-electron chi connectivity index (χ4n) is 6.42. The Morgan fingerprint density at radius 3 is 2.42 bits per heavy atom. The van der Waals surface area contributed by atoms with Gasteiger partial charge in [-0.3, -0.25) is 29.0 Å². The van der Waals surface area contributed by atoms with Gasteiger partial charge in [0.1, 0.15) is 22.9 Å². The Hall–Kier alpha value is -3.81. The van der Waals surface area contributed by atoms with Gasteiger partial charge in [0.2, 0.25) is 11.7 Å². The number of amides is 2. The molecule has 4 aliphatic rings. The smallest absolute Gasteiger partial charge is 0.255 e. The van der Waals surface area contributed by atoms with E-state index in [1.165, 1.54) is 19.0 Å². The number of aliphatic hydroxyl groups is 3. The number of aromatic hydroxyl groups is 1. The number of hydrogen-bond acceptors (Lipinski definition) is 10. The highest BCUT2D eigenvalue weighted by Crippen LogP contribution is 2.54. The first-order valence-corrected chi connectivity index (χ1v) is 11.9. The van der Waals surface area contributed by atoms with Gasteiger partial charge in [-0.25, -0.2) is 4.39 Å². The summed E-state index contributed by atoms with van der Waals surface area (Å²) in [4.78, 5) is 54.2. The zero-order valence-corrected chi connectivity index (χ0v) is 20.8. The molecule has 2 amide bonds. The van der Waals surface area contributed by atoms with E-state index in [0.29, 0.717) is 0 Å². The first-order chi connectivity index (χ1) is 17.7.